The van der Waals surface area contributed by atoms with Gasteiger partial charge in [-0.05, 0) is 166 Å². The van der Waals surface area contributed by atoms with Crippen LogP contribution in [-0.4, -0.2) is 145 Å². The first-order chi connectivity index (χ1) is 44.4. The van der Waals surface area contributed by atoms with Gasteiger partial charge in [-0.2, -0.15) is 93.4 Å². The predicted molar refractivity (Wildman–Crippen MR) is 394 cm³/mol. The minimum Gasteiger partial charge on any atom is -0.586 e. The summed E-state index contributed by atoms with van der Waals surface area (Å²) in [4.78, 5) is 58.8. The number of rotatable bonds is 11. The largest absolute Gasteiger partial charge is 0.586 e. The van der Waals surface area contributed by atoms with Crippen molar-refractivity contribution in [2.75, 3.05) is 105 Å². The molecule has 7 aliphatic heterocycles. The Balaban J connectivity index is -0.000000488. The molecule has 7 aliphatic rings. The van der Waals surface area contributed by atoms with Crippen molar-refractivity contribution in [3.05, 3.63) is 158 Å². The average Bonchev–Trinajstić information content (AvgIpc) is 1.27. The van der Waals surface area contributed by atoms with Crippen LogP contribution in [0.4, 0.5) is 4.79 Å². The Morgan fingerprint density at radius 1 is 0.777 bits per heavy atom. The summed E-state index contributed by atoms with van der Waals surface area (Å²) < 4.78 is 12.7. The number of aromatic nitrogens is 1. The third kappa shape index (κ3) is 56.6. The zero-order valence-electron chi connectivity index (χ0n) is 56.3. The Labute approximate surface area is 637 Å². The molecule has 1 aromatic heterocycles. The van der Waals surface area contributed by atoms with Gasteiger partial charge in [-0.3, -0.25) is 9.59 Å². The molecule has 514 valence electrons. The van der Waals surface area contributed by atoms with Gasteiger partial charge >= 0.3 is 12.1 Å². The van der Waals surface area contributed by atoms with Crippen molar-refractivity contribution < 1.29 is 108 Å². The fraction of sp³-hybridized carbons (Fsp3) is 0.486. The van der Waals surface area contributed by atoms with Crippen LogP contribution < -0.4 is 33.3 Å². The van der Waals surface area contributed by atoms with Gasteiger partial charge < -0.3 is 50.0 Å². The van der Waals surface area contributed by atoms with Crippen molar-refractivity contribution in [2.45, 2.75) is 97.8 Å². The number of carbonyl (C=O) groups is 4. The number of Topliss-reactive ketones (excluding diaryl/α,β-unsaturated/α-hetero) is 1. The summed E-state index contributed by atoms with van der Waals surface area (Å²) in [6.07, 6.45) is 26.3. The van der Waals surface area contributed by atoms with Crippen LogP contribution in [-0.2, 0) is 104 Å². The zero-order valence-corrected chi connectivity index (χ0v) is 66.9. The second-order valence-electron chi connectivity index (χ2n) is 19.9. The van der Waals surface area contributed by atoms with Gasteiger partial charge in [0.15, 0.2) is 0 Å². The minimum atomic E-state index is -0.657. The molecule has 24 heteroatoms. The first-order valence-electron chi connectivity index (χ1n) is 30.6. The quantitative estimate of drug-likeness (QED) is 0.0184. The van der Waals surface area contributed by atoms with Crippen LogP contribution in [0.25, 0.3) is 0 Å². The third-order valence-electron chi connectivity index (χ3n) is 12.8. The Morgan fingerprint density at radius 3 is 1.61 bits per heavy atom. The van der Waals surface area contributed by atoms with E-state index in [9.17, 15) is 24.0 Å². The van der Waals surface area contributed by atoms with Crippen molar-refractivity contribution in [3.8, 4) is 12.1 Å². The van der Waals surface area contributed by atoms with Gasteiger partial charge in [0.05, 0.1) is 38.7 Å². The van der Waals surface area contributed by atoms with Gasteiger partial charge in [0.25, 0.3) is 0 Å². The standard InChI is InChI=1S/C18H15P.C10H17NS.C9H10NS.C6H10OS.C5H7O2.C5H8S.C4H9N.C4H6OS.C3H6O3.C2H5NO2.2C2H3N.H3N.2Y/c1-4-10-16(11-5-1)19(17-12-6-2-7-13-17)18-14-8-3-9-15-18;1-2-6-11(5-1)7-3-10-4-8-12-9-10;1-2-8(6-10-4-1)9-3-5-11-7-9;7-3-1-6-2-4-8-5-6;1-2-7-5-3-4-6;1-5-2-3-6-4-5;1-2-4-5-3-1;5-4-1-2-6-3-4;1-5-3(4)6-2;1-2(4)5-3;2*1-2-3;;;/h1-15H;3,7,10H,1-2,4-6,8-9H2;1-2,6,9H,3,5,7H2;3,6H,1-2,4-5H2;3,5H,2H2,1H3;1-4H2;5H,1-4H2;1-3H2;1-2H3;3H2,1H3;2*1H3;1H3;;/q;;-1;;-1;;;;;;;;;;/b;;;;5-3+;;;;;;;;;;. The monoisotopic (exact) mass is 1550 g/mol. The topological polar surface area (TPSA) is 259 Å². The fourth-order valence-corrected chi connectivity index (χ4v) is 16.1. The Bertz CT molecular complexity index is 2400. The number of aldehydes is 1. The summed E-state index contributed by atoms with van der Waals surface area (Å²) in [7, 11) is 2.07. The van der Waals surface area contributed by atoms with Crippen LogP contribution in [0.1, 0.15) is 103 Å². The average molecular weight is 1550 g/mol. The maximum atomic E-state index is 10.2. The normalized spacial score (nSPS) is 17.0. The second kappa shape index (κ2) is 72.4. The Morgan fingerprint density at radius 2 is 1.29 bits per heavy atom. The van der Waals surface area contributed by atoms with E-state index in [2.05, 4.69) is 174 Å². The van der Waals surface area contributed by atoms with Gasteiger partial charge in [-0.1, -0.05) is 128 Å². The van der Waals surface area contributed by atoms with Crippen molar-refractivity contribution >= 4 is 113 Å². The number of methoxy groups -OCH3 is 2. The Hall–Kier alpha value is -3.37. The molecule has 0 saturated carbocycles. The maximum Gasteiger partial charge on any atom is 0.507 e. The molecule has 0 amide bonds. The molecule has 3 atom stereocenters. The second-order valence-corrected chi connectivity index (χ2v) is 27.8. The zero-order chi connectivity index (χ0) is 67.1. The number of likely N-dealkylation sites (tertiary alicyclic amines) is 1. The number of pyridine rings is 1. The van der Waals surface area contributed by atoms with Gasteiger partial charge in [0.1, 0.15) is 12.1 Å². The maximum absolute atomic E-state index is 10.2. The molecule has 16 nitrogen and oxygen atoms in total. The molecule has 2 radical (unpaired) electrons. The van der Waals surface area contributed by atoms with Crippen LogP contribution in [0.3, 0.4) is 0 Å². The van der Waals surface area contributed by atoms with Crippen molar-refractivity contribution in [1.82, 2.24) is 21.4 Å². The SMILES string of the molecule is C(=CN1CCCC1)C1CCSC1.C1CCNC1.C=C1CCSC1.CC#N.CC#N.CC(=O)ON.CCO/C=C/[C-]=O.COC(=O)OC.N.O=C1CCSC1.O=CCC1CCSC1.[Y].[Y].[c-]1ccc(C2CCSC2)cn1.c1ccc(P(c2ccccc2)c2ccccc2)cc1. The van der Waals surface area contributed by atoms with Gasteiger partial charge in [-0.15, -0.1) is 5.56 Å². The number of allylic oxidation sites excluding steroid dienone is 2. The van der Waals surface area contributed by atoms with E-state index in [1.807, 2.05) is 54.5 Å². The number of hydrogen-bond acceptors (Lipinski definition) is 21. The first kappa shape index (κ1) is 97.0. The first-order valence-corrected chi connectivity index (χ1v) is 37.7. The number of carbonyl (C=O) groups excluding carboxylic acids is 5. The number of ether oxygens (including phenoxy) is 3. The molecule has 6 N–H and O–H groups in total. The van der Waals surface area contributed by atoms with Crippen molar-refractivity contribution in [3.63, 3.8) is 0 Å². The van der Waals surface area contributed by atoms with E-state index in [1.165, 1.54) is 198 Å². The summed E-state index contributed by atoms with van der Waals surface area (Å²) in [6.45, 7) is 15.4. The van der Waals surface area contributed by atoms with Crippen LogP contribution in [0, 0.1) is 40.7 Å². The molecular formula is C70H102N7O9PS5Y2-2. The van der Waals surface area contributed by atoms with Crippen LogP contribution >= 0.6 is 66.7 Å². The van der Waals surface area contributed by atoms with E-state index in [-0.39, 0.29) is 71.6 Å². The van der Waals surface area contributed by atoms with E-state index < -0.39 is 20.0 Å². The van der Waals surface area contributed by atoms with Crippen LogP contribution in [0.15, 0.2) is 146 Å². The summed E-state index contributed by atoms with van der Waals surface area (Å²) in [6, 6.07) is 39.9. The molecule has 7 saturated heterocycles. The third-order valence-corrected chi connectivity index (χ3v) is 20.9. The molecule has 3 unspecified atom stereocenters. The molecule has 8 heterocycles. The fourth-order valence-electron chi connectivity index (χ4n) is 8.12. The molecule has 94 heavy (non-hydrogen) atoms. The van der Waals surface area contributed by atoms with Gasteiger partial charge in [-0.25, -0.2) is 4.79 Å². The number of nitrogens with two attached hydrogens (primary N) is 1. The number of ketones is 1. The van der Waals surface area contributed by atoms with Crippen molar-refractivity contribution in [1.29, 1.82) is 10.5 Å². The predicted octanol–water partition coefficient (Wildman–Crippen LogP) is 13.7. The van der Waals surface area contributed by atoms with Gasteiger partial charge in [0, 0.05) is 124 Å². The summed E-state index contributed by atoms with van der Waals surface area (Å²) >= 11 is 9.81. The number of nitrogens with one attached hydrogen (secondary N) is 1. The van der Waals surface area contributed by atoms with Crippen LogP contribution in [0.2, 0.25) is 0 Å². The minimum absolute atomic E-state index is 0. The molecule has 0 bridgehead atoms. The van der Waals surface area contributed by atoms with E-state index in [1.54, 1.807) is 30.2 Å². The Kier molecular flexibility index (Phi) is 74.7. The van der Waals surface area contributed by atoms with E-state index in [0.717, 1.165) is 42.5 Å². The molecule has 0 aliphatic carbocycles. The number of hydrogen-bond donors (Lipinski definition) is 3. The molecule has 7 fully saturated rings. The van der Waals surface area contributed by atoms with E-state index >= 15 is 0 Å². The number of benzene rings is 3. The molecule has 0 spiro atoms. The van der Waals surface area contributed by atoms with Crippen LogP contribution in [0.5, 0.6) is 0 Å². The van der Waals surface area contributed by atoms with E-state index in [0.29, 0.717) is 18.3 Å². The number of nitrogens with zero attached hydrogens (tertiary/aromatic N) is 4. The number of thioether (sulfide) groups is 5. The summed E-state index contributed by atoms with van der Waals surface area (Å²) in [5, 5.41) is 22.1. The van der Waals surface area contributed by atoms with Crippen molar-refractivity contribution in [2.24, 2.45) is 17.7 Å². The molecule has 4 aromatic rings. The molecular weight excluding hydrogens is 1450 g/mol. The smallest absolute Gasteiger partial charge is 0.507 e. The van der Waals surface area contributed by atoms with Gasteiger partial charge in [0.2, 0.25) is 0 Å². The molecule has 11 rings (SSSR count). The number of nitriles is 2. The molecule has 3 aromatic carbocycles. The van der Waals surface area contributed by atoms with E-state index in [4.69, 9.17) is 10.5 Å². The summed E-state index contributed by atoms with van der Waals surface area (Å²) in [5.74, 6) is 18.7. The summed E-state index contributed by atoms with van der Waals surface area (Å²) in [5.41, 5.74) is 2.80.